The minimum absolute atomic E-state index is 0.224. The average molecular weight is 384 g/mol. The quantitative estimate of drug-likeness (QED) is 0.611. The Balaban J connectivity index is 1.82. The summed E-state index contributed by atoms with van der Waals surface area (Å²) in [5.74, 6) is -0.230. The summed E-state index contributed by atoms with van der Waals surface area (Å²) in [6.45, 7) is 0. The van der Waals surface area contributed by atoms with Crippen LogP contribution in [0, 0.1) is 0 Å². The van der Waals surface area contributed by atoms with Crippen LogP contribution in [0.15, 0.2) is 107 Å². The Morgan fingerprint density at radius 3 is 2.00 bits per heavy atom. The molecule has 0 fully saturated rings. The largest absolute Gasteiger partial charge is 0.351 e. The molecule has 0 saturated heterocycles. The molecule has 0 aliphatic carbocycles. The molecule has 0 amide bonds. The number of hydrogen-bond acceptors (Lipinski definition) is 5. The zero-order valence-electron chi connectivity index (χ0n) is 14.8. The van der Waals surface area contributed by atoms with E-state index in [4.69, 9.17) is 0 Å². The minimum Gasteiger partial charge on any atom is -0.351 e. The Morgan fingerprint density at radius 1 is 0.786 bits per heavy atom. The maximum absolute atomic E-state index is 13.2. The highest BCUT2D eigenvalue weighted by molar-refractivity contribution is 8.28. The number of ketones is 1. The second kappa shape index (κ2) is 8.06. The lowest BCUT2D eigenvalue weighted by atomic mass is 10.0. The van der Waals surface area contributed by atoms with Gasteiger partial charge in [0.15, 0.2) is 5.78 Å². The molecule has 28 heavy (non-hydrogen) atoms. The third-order valence-corrected chi connectivity index (χ3v) is 5.03. The van der Waals surface area contributed by atoms with E-state index in [0.29, 0.717) is 21.9 Å². The first-order chi connectivity index (χ1) is 13.7. The van der Waals surface area contributed by atoms with E-state index in [1.54, 1.807) is 24.3 Å². The highest BCUT2D eigenvalue weighted by atomic mass is 32.2. The molecule has 4 nitrogen and oxygen atoms in total. The van der Waals surface area contributed by atoms with Crippen LogP contribution in [0.25, 0.3) is 0 Å². The van der Waals surface area contributed by atoms with E-state index in [-0.39, 0.29) is 16.6 Å². The van der Waals surface area contributed by atoms with Crippen molar-refractivity contribution < 1.29 is 9.59 Å². The van der Waals surface area contributed by atoms with Gasteiger partial charge in [-0.3, -0.25) is 9.59 Å². The van der Waals surface area contributed by atoms with Crippen LogP contribution < -0.4 is 5.32 Å². The SMILES string of the molecule is O=C1SC(=Nc2ccccc2)C(C(=O)c2ccccc2)=C1Nc1ccccc1. The molecule has 1 heterocycles. The number of carbonyl (C=O) groups excluding carboxylic acids is 2. The van der Waals surface area contributed by atoms with Gasteiger partial charge in [0.1, 0.15) is 10.7 Å². The summed E-state index contributed by atoms with van der Waals surface area (Å²) in [4.78, 5) is 30.6. The Labute approximate surface area is 167 Å². The van der Waals surface area contributed by atoms with E-state index in [1.165, 1.54) is 0 Å². The van der Waals surface area contributed by atoms with Crippen molar-refractivity contribution in [2.24, 2.45) is 4.99 Å². The molecule has 0 spiro atoms. The van der Waals surface area contributed by atoms with E-state index in [9.17, 15) is 9.59 Å². The van der Waals surface area contributed by atoms with Crippen molar-refractivity contribution in [2.75, 3.05) is 5.32 Å². The van der Waals surface area contributed by atoms with E-state index >= 15 is 0 Å². The maximum atomic E-state index is 13.2. The number of rotatable bonds is 5. The molecule has 0 atom stereocenters. The van der Waals surface area contributed by atoms with Gasteiger partial charge in [0, 0.05) is 11.3 Å². The lowest BCUT2D eigenvalue weighted by Crippen LogP contribution is -2.14. The van der Waals surface area contributed by atoms with Crippen molar-refractivity contribution in [3.05, 3.63) is 108 Å². The molecule has 3 aromatic rings. The zero-order valence-corrected chi connectivity index (χ0v) is 15.6. The van der Waals surface area contributed by atoms with Gasteiger partial charge in [-0.2, -0.15) is 0 Å². The van der Waals surface area contributed by atoms with Crippen molar-refractivity contribution >= 4 is 39.1 Å². The molecule has 0 saturated carbocycles. The van der Waals surface area contributed by atoms with Gasteiger partial charge in [-0.15, -0.1) is 0 Å². The van der Waals surface area contributed by atoms with Crippen LogP contribution in [-0.4, -0.2) is 15.9 Å². The highest BCUT2D eigenvalue weighted by Gasteiger charge is 2.35. The van der Waals surface area contributed by atoms with E-state index in [0.717, 1.165) is 17.4 Å². The van der Waals surface area contributed by atoms with Gasteiger partial charge in [0.05, 0.1) is 11.3 Å². The average Bonchev–Trinajstić information content (AvgIpc) is 3.04. The van der Waals surface area contributed by atoms with Crippen LogP contribution in [0.2, 0.25) is 0 Å². The van der Waals surface area contributed by atoms with Crippen molar-refractivity contribution in [2.45, 2.75) is 0 Å². The summed E-state index contributed by atoms with van der Waals surface area (Å²) in [7, 11) is 0. The van der Waals surface area contributed by atoms with E-state index < -0.39 is 0 Å². The maximum Gasteiger partial charge on any atom is 0.242 e. The molecule has 1 aliphatic rings. The number of nitrogens with zero attached hydrogens (tertiary/aromatic N) is 1. The molecular formula is C23H16N2O2S. The molecule has 3 aromatic carbocycles. The number of Topliss-reactive ketones (excluding diaryl/α,β-unsaturated/α-hetero) is 1. The van der Waals surface area contributed by atoms with Crippen LogP contribution in [-0.2, 0) is 4.79 Å². The molecule has 0 unspecified atom stereocenters. The van der Waals surface area contributed by atoms with E-state index in [1.807, 2.05) is 66.7 Å². The van der Waals surface area contributed by atoms with Crippen molar-refractivity contribution in [3.63, 3.8) is 0 Å². The number of thioether (sulfide) groups is 1. The topological polar surface area (TPSA) is 58.5 Å². The van der Waals surface area contributed by atoms with Crippen LogP contribution >= 0.6 is 11.8 Å². The highest BCUT2D eigenvalue weighted by Crippen LogP contribution is 2.34. The fraction of sp³-hybridized carbons (Fsp3) is 0. The van der Waals surface area contributed by atoms with Crippen LogP contribution in [0.1, 0.15) is 10.4 Å². The Bertz CT molecular complexity index is 1080. The third-order valence-electron chi connectivity index (χ3n) is 4.15. The van der Waals surface area contributed by atoms with Gasteiger partial charge in [0.25, 0.3) is 0 Å². The van der Waals surface area contributed by atoms with Gasteiger partial charge in [-0.25, -0.2) is 4.99 Å². The summed E-state index contributed by atoms with van der Waals surface area (Å²) < 4.78 is 0. The number of nitrogens with one attached hydrogen (secondary N) is 1. The molecule has 0 aromatic heterocycles. The fourth-order valence-electron chi connectivity index (χ4n) is 2.82. The molecular weight excluding hydrogens is 368 g/mol. The smallest absolute Gasteiger partial charge is 0.242 e. The number of carbonyl (C=O) groups is 2. The Hall–Kier alpha value is -3.44. The first kappa shape index (κ1) is 17.9. The molecule has 4 rings (SSSR count). The van der Waals surface area contributed by atoms with Crippen molar-refractivity contribution in [3.8, 4) is 0 Å². The van der Waals surface area contributed by atoms with Gasteiger partial charge < -0.3 is 5.32 Å². The van der Waals surface area contributed by atoms with Gasteiger partial charge in [-0.05, 0) is 36.0 Å². The molecule has 1 N–H and O–H groups in total. The molecule has 0 bridgehead atoms. The second-order valence-corrected chi connectivity index (χ2v) is 7.04. The lowest BCUT2D eigenvalue weighted by molar-refractivity contribution is -0.107. The van der Waals surface area contributed by atoms with Crippen molar-refractivity contribution in [1.82, 2.24) is 0 Å². The first-order valence-corrected chi connectivity index (χ1v) is 9.56. The summed E-state index contributed by atoms with van der Waals surface area (Å²) in [6, 6.07) is 27.6. The molecule has 0 radical (unpaired) electrons. The number of aliphatic imine (C=N–C) groups is 1. The summed E-state index contributed by atoms with van der Waals surface area (Å²) >= 11 is 0.973. The Morgan fingerprint density at radius 2 is 1.36 bits per heavy atom. The number of hydrogen-bond donors (Lipinski definition) is 1. The number of benzene rings is 3. The predicted octanol–water partition coefficient (Wildman–Crippen LogP) is 5.24. The molecule has 136 valence electrons. The van der Waals surface area contributed by atoms with Crippen molar-refractivity contribution in [1.29, 1.82) is 0 Å². The number of para-hydroxylation sites is 2. The van der Waals surface area contributed by atoms with Crippen LogP contribution in [0.3, 0.4) is 0 Å². The fourth-order valence-corrected chi connectivity index (χ4v) is 3.70. The van der Waals surface area contributed by atoms with E-state index in [2.05, 4.69) is 10.3 Å². The summed E-state index contributed by atoms with van der Waals surface area (Å²) in [6.07, 6.45) is 0. The first-order valence-electron chi connectivity index (χ1n) is 8.75. The molecule has 1 aliphatic heterocycles. The van der Waals surface area contributed by atoms with Gasteiger partial charge >= 0.3 is 0 Å². The standard InChI is InChI=1S/C23H16N2O2S/c26-21(16-10-4-1-5-11-16)19-20(24-17-12-6-2-7-13-17)23(27)28-22(19)25-18-14-8-3-9-15-18/h1-15,24H. The third kappa shape index (κ3) is 3.80. The summed E-state index contributed by atoms with van der Waals surface area (Å²) in [5.41, 5.74) is 2.51. The molecule has 5 heteroatoms. The van der Waals surface area contributed by atoms with Gasteiger partial charge in [-0.1, -0.05) is 66.7 Å². The summed E-state index contributed by atoms with van der Waals surface area (Å²) in [5, 5.41) is 3.30. The number of anilines is 1. The van der Waals surface area contributed by atoms with Crippen LogP contribution in [0.5, 0.6) is 0 Å². The lowest BCUT2D eigenvalue weighted by Gasteiger charge is -2.09. The predicted molar refractivity (Wildman–Crippen MR) is 114 cm³/mol. The Kier molecular flexibility index (Phi) is 5.17. The minimum atomic E-state index is -0.230. The van der Waals surface area contributed by atoms with Crippen LogP contribution in [0.4, 0.5) is 11.4 Å². The zero-order chi connectivity index (χ0) is 19.3. The second-order valence-electron chi connectivity index (χ2n) is 6.08. The monoisotopic (exact) mass is 384 g/mol. The normalized spacial score (nSPS) is 15.1. The van der Waals surface area contributed by atoms with Gasteiger partial charge in [0.2, 0.25) is 5.12 Å².